The number of hydrogen-bond acceptors (Lipinski definition) is 3. The van der Waals surface area contributed by atoms with Crippen LogP contribution in [0.2, 0.25) is 0 Å². The number of likely N-dealkylation sites (tertiary alicyclic amines) is 1. The predicted molar refractivity (Wildman–Crippen MR) is 96.0 cm³/mol. The molecule has 1 aromatic carbocycles. The fourth-order valence-electron chi connectivity index (χ4n) is 4.56. The molecule has 1 spiro atoms. The Morgan fingerprint density at radius 2 is 1.85 bits per heavy atom. The molecule has 1 atom stereocenters. The van der Waals surface area contributed by atoms with E-state index < -0.39 is 5.54 Å². The maximum absolute atomic E-state index is 13.9. The van der Waals surface area contributed by atoms with Crippen molar-refractivity contribution in [3.8, 4) is 0 Å². The highest BCUT2D eigenvalue weighted by molar-refractivity contribution is 6.07. The number of benzene rings is 1. The molecule has 3 fully saturated rings. The van der Waals surface area contributed by atoms with Gasteiger partial charge in [0.25, 0.3) is 5.91 Å². The van der Waals surface area contributed by atoms with Crippen LogP contribution in [0.15, 0.2) is 24.3 Å². The highest BCUT2D eigenvalue weighted by atomic mass is 19.1. The van der Waals surface area contributed by atoms with Crippen molar-refractivity contribution in [2.24, 2.45) is 5.92 Å². The van der Waals surface area contributed by atoms with Gasteiger partial charge in [-0.25, -0.2) is 9.18 Å². The Balaban J connectivity index is 1.40. The molecule has 4 amide bonds. The quantitative estimate of drug-likeness (QED) is 0.824. The SMILES string of the molecule is O=C1CC(CN2C(=O)NC3(CCCCC3)C2=O)CN1Cc1ccccc1F. The Labute approximate surface area is 157 Å². The van der Waals surface area contributed by atoms with E-state index in [-0.39, 0.29) is 49.1 Å². The molecular weight excluding hydrogens is 349 g/mol. The average Bonchev–Trinajstić information content (AvgIpc) is 3.10. The second-order valence-corrected chi connectivity index (χ2v) is 7.92. The zero-order valence-electron chi connectivity index (χ0n) is 15.2. The van der Waals surface area contributed by atoms with Crippen molar-refractivity contribution in [2.45, 2.75) is 50.6 Å². The molecule has 0 radical (unpaired) electrons. The third-order valence-corrected chi connectivity index (χ3v) is 6.01. The summed E-state index contributed by atoms with van der Waals surface area (Å²) in [6.45, 7) is 0.884. The van der Waals surface area contributed by atoms with Crippen LogP contribution in [0.25, 0.3) is 0 Å². The minimum absolute atomic E-state index is 0.0670. The van der Waals surface area contributed by atoms with Gasteiger partial charge in [0.2, 0.25) is 5.91 Å². The van der Waals surface area contributed by atoms with Gasteiger partial charge in [0.15, 0.2) is 0 Å². The molecule has 1 N–H and O–H groups in total. The Bertz CT molecular complexity index is 775. The van der Waals surface area contributed by atoms with Gasteiger partial charge in [0.1, 0.15) is 11.4 Å². The van der Waals surface area contributed by atoms with Gasteiger partial charge < -0.3 is 10.2 Å². The van der Waals surface area contributed by atoms with Crippen LogP contribution in [0.1, 0.15) is 44.1 Å². The first-order valence-electron chi connectivity index (χ1n) is 9.64. The van der Waals surface area contributed by atoms with Gasteiger partial charge in [-0.1, -0.05) is 37.5 Å². The normalized spacial score (nSPS) is 24.8. The first-order valence-corrected chi connectivity index (χ1v) is 9.64. The number of carbonyl (C=O) groups is 3. The lowest BCUT2D eigenvalue weighted by Gasteiger charge is -2.30. The molecule has 3 aliphatic rings. The van der Waals surface area contributed by atoms with Crippen LogP contribution >= 0.6 is 0 Å². The van der Waals surface area contributed by atoms with E-state index in [0.717, 1.165) is 19.3 Å². The molecule has 0 bridgehead atoms. The molecule has 144 valence electrons. The minimum atomic E-state index is -0.731. The summed E-state index contributed by atoms with van der Waals surface area (Å²) in [6, 6.07) is 6.06. The summed E-state index contributed by atoms with van der Waals surface area (Å²) in [7, 11) is 0. The van der Waals surface area contributed by atoms with E-state index in [2.05, 4.69) is 5.32 Å². The first kappa shape index (κ1) is 17.9. The Morgan fingerprint density at radius 3 is 2.59 bits per heavy atom. The number of amides is 4. The second-order valence-electron chi connectivity index (χ2n) is 7.92. The van der Waals surface area contributed by atoms with Crippen molar-refractivity contribution in [3.63, 3.8) is 0 Å². The summed E-state index contributed by atoms with van der Waals surface area (Å²) < 4.78 is 13.9. The lowest BCUT2D eigenvalue weighted by atomic mass is 9.81. The monoisotopic (exact) mass is 373 g/mol. The standard InChI is InChI=1S/C20H24FN3O3/c21-16-7-3-2-6-15(16)13-23-11-14(10-17(23)25)12-24-18(26)20(22-19(24)27)8-4-1-5-9-20/h2-3,6-7,14H,1,4-5,8-13H2,(H,22,27). The van der Waals surface area contributed by atoms with Crippen LogP contribution < -0.4 is 5.32 Å². The number of carbonyl (C=O) groups excluding carboxylic acids is 3. The highest BCUT2D eigenvalue weighted by Gasteiger charge is 2.52. The fourth-order valence-corrected chi connectivity index (χ4v) is 4.56. The second kappa shape index (κ2) is 6.94. The largest absolute Gasteiger partial charge is 0.338 e. The third-order valence-electron chi connectivity index (χ3n) is 6.01. The maximum atomic E-state index is 13.9. The van der Waals surface area contributed by atoms with Gasteiger partial charge in [-0.2, -0.15) is 0 Å². The molecule has 1 saturated carbocycles. The van der Waals surface area contributed by atoms with Crippen LogP contribution in [-0.4, -0.2) is 46.3 Å². The summed E-state index contributed by atoms with van der Waals surface area (Å²) in [5.41, 5.74) is -0.257. The van der Waals surface area contributed by atoms with E-state index in [1.807, 2.05) is 0 Å². The molecule has 2 aliphatic heterocycles. The van der Waals surface area contributed by atoms with Gasteiger partial charge in [-0.15, -0.1) is 0 Å². The van der Waals surface area contributed by atoms with Crippen molar-refractivity contribution in [3.05, 3.63) is 35.6 Å². The lowest BCUT2D eigenvalue weighted by molar-refractivity contribution is -0.133. The van der Waals surface area contributed by atoms with Crippen LogP contribution in [0.5, 0.6) is 0 Å². The highest BCUT2D eigenvalue weighted by Crippen LogP contribution is 2.34. The molecule has 2 saturated heterocycles. The number of nitrogens with one attached hydrogen (secondary N) is 1. The van der Waals surface area contributed by atoms with Gasteiger partial charge in [-0.05, 0) is 18.9 Å². The van der Waals surface area contributed by atoms with E-state index in [1.54, 1.807) is 23.1 Å². The van der Waals surface area contributed by atoms with Crippen LogP contribution in [0.4, 0.5) is 9.18 Å². The average molecular weight is 373 g/mol. The number of halogens is 1. The summed E-state index contributed by atoms with van der Waals surface area (Å²) in [4.78, 5) is 40.5. The van der Waals surface area contributed by atoms with Gasteiger partial charge in [-0.3, -0.25) is 14.5 Å². The summed E-state index contributed by atoms with van der Waals surface area (Å²) in [5.74, 6) is -0.658. The minimum Gasteiger partial charge on any atom is -0.338 e. The number of imide groups is 1. The summed E-state index contributed by atoms with van der Waals surface area (Å²) in [6.07, 6.45) is 4.64. The molecule has 4 rings (SSSR count). The van der Waals surface area contributed by atoms with E-state index in [4.69, 9.17) is 0 Å². The van der Waals surface area contributed by atoms with Crippen molar-refractivity contribution in [1.82, 2.24) is 15.1 Å². The number of hydrogen-bond donors (Lipinski definition) is 1. The Hall–Kier alpha value is -2.44. The van der Waals surface area contributed by atoms with Crippen molar-refractivity contribution in [1.29, 1.82) is 0 Å². The van der Waals surface area contributed by atoms with E-state index in [1.165, 1.54) is 11.0 Å². The predicted octanol–water partition coefficient (Wildman–Crippen LogP) is 2.43. The first-order chi connectivity index (χ1) is 13.0. The van der Waals surface area contributed by atoms with Crippen molar-refractivity contribution in [2.75, 3.05) is 13.1 Å². The molecule has 2 heterocycles. The van der Waals surface area contributed by atoms with Gasteiger partial charge >= 0.3 is 6.03 Å². The molecule has 27 heavy (non-hydrogen) atoms. The molecule has 7 heteroatoms. The van der Waals surface area contributed by atoms with Gasteiger partial charge in [0, 0.05) is 37.5 Å². The van der Waals surface area contributed by atoms with Crippen LogP contribution in [0, 0.1) is 11.7 Å². The number of rotatable bonds is 4. The zero-order valence-corrected chi connectivity index (χ0v) is 15.2. The van der Waals surface area contributed by atoms with Crippen LogP contribution in [-0.2, 0) is 16.1 Å². The summed E-state index contributed by atoms with van der Waals surface area (Å²) >= 11 is 0. The molecular formula is C20H24FN3O3. The van der Waals surface area contributed by atoms with Crippen molar-refractivity contribution >= 4 is 17.8 Å². The Morgan fingerprint density at radius 1 is 1.11 bits per heavy atom. The van der Waals surface area contributed by atoms with E-state index in [0.29, 0.717) is 24.9 Å². The molecule has 1 aliphatic carbocycles. The third kappa shape index (κ3) is 3.31. The van der Waals surface area contributed by atoms with Crippen molar-refractivity contribution < 1.29 is 18.8 Å². The molecule has 0 aromatic heterocycles. The van der Waals surface area contributed by atoms with E-state index in [9.17, 15) is 18.8 Å². The lowest BCUT2D eigenvalue weighted by Crippen LogP contribution is -2.48. The fraction of sp³-hybridized carbons (Fsp3) is 0.550. The maximum Gasteiger partial charge on any atom is 0.325 e. The molecule has 1 aromatic rings. The van der Waals surface area contributed by atoms with E-state index >= 15 is 0 Å². The number of urea groups is 1. The molecule has 6 nitrogen and oxygen atoms in total. The topological polar surface area (TPSA) is 69.7 Å². The zero-order chi connectivity index (χ0) is 19.0. The van der Waals surface area contributed by atoms with Crippen LogP contribution in [0.3, 0.4) is 0 Å². The summed E-state index contributed by atoms with van der Waals surface area (Å²) in [5, 5.41) is 2.90. The molecule has 1 unspecified atom stereocenters. The Kier molecular flexibility index (Phi) is 4.61. The number of nitrogens with zero attached hydrogens (tertiary/aromatic N) is 2. The smallest absolute Gasteiger partial charge is 0.325 e. The van der Waals surface area contributed by atoms with Gasteiger partial charge in [0.05, 0.1) is 0 Å².